The van der Waals surface area contributed by atoms with Crippen molar-refractivity contribution in [2.24, 2.45) is 17.3 Å². The molecular formula is C13H22BIO2. The maximum Gasteiger partial charge on any atom is 0.457 e. The Bertz CT molecular complexity index is 323. The quantitative estimate of drug-likeness (QED) is 0.441. The first-order valence-electron chi connectivity index (χ1n) is 6.87. The Hall–Kier alpha value is 0.715. The first-order chi connectivity index (χ1) is 7.98. The van der Waals surface area contributed by atoms with Gasteiger partial charge >= 0.3 is 7.12 Å². The summed E-state index contributed by atoms with van der Waals surface area (Å²) in [4.78, 5) is 0. The van der Waals surface area contributed by atoms with Gasteiger partial charge < -0.3 is 9.31 Å². The van der Waals surface area contributed by atoms with Crippen LogP contribution in [0.1, 0.15) is 40.0 Å². The van der Waals surface area contributed by atoms with E-state index in [-0.39, 0.29) is 12.7 Å². The van der Waals surface area contributed by atoms with Crippen LogP contribution in [0.3, 0.4) is 0 Å². The fourth-order valence-electron chi connectivity index (χ4n) is 4.32. The lowest BCUT2D eigenvalue weighted by Crippen LogP contribution is -2.65. The minimum atomic E-state index is -0.00576. The van der Waals surface area contributed by atoms with Crippen LogP contribution >= 0.6 is 22.6 Å². The van der Waals surface area contributed by atoms with Crippen LogP contribution < -0.4 is 0 Å². The van der Waals surface area contributed by atoms with Crippen molar-refractivity contribution in [1.29, 1.82) is 0 Å². The van der Waals surface area contributed by atoms with Crippen LogP contribution in [-0.4, -0.2) is 23.3 Å². The summed E-state index contributed by atoms with van der Waals surface area (Å²) in [6.07, 6.45) is 5.18. The summed E-state index contributed by atoms with van der Waals surface area (Å²) in [6.45, 7) is 7.12. The molecule has 1 heterocycles. The van der Waals surface area contributed by atoms with Crippen LogP contribution in [0.25, 0.3) is 0 Å². The van der Waals surface area contributed by atoms with Crippen LogP contribution in [0.4, 0.5) is 0 Å². The highest BCUT2D eigenvalue weighted by Gasteiger charge is 2.67. The molecule has 4 fully saturated rings. The zero-order valence-corrected chi connectivity index (χ0v) is 13.2. The van der Waals surface area contributed by atoms with Crippen LogP contribution in [-0.2, 0) is 9.31 Å². The molecule has 4 aliphatic rings. The first kappa shape index (κ1) is 12.7. The second-order valence-corrected chi connectivity index (χ2v) is 7.81. The highest BCUT2D eigenvalue weighted by Crippen LogP contribution is 2.65. The molecule has 2 nitrogen and oxygen atoms in total. The standard InChI is InChI=1S/C13H22BIO2/c1-12(2)9-7-10(12)13(3)11(8-9)16-14(17-13)5-4-6-15/h9-11H,4-8H2,1-3H3/t9-,10-,11+,13-/m0/s1. The molecule has 96 valence electrons. The molecule has 0 N–H and O–H groups in total. The molecule has 4 atom stereocenters. The van der Waals surface area contributed by atoms with Crippen LogP contribution in [0.15, 0.2) is 0 Å². The van der Waals surface area contributed by atoms with E-state index in [1.54, 1.807) is 0 Å². The molecule has 0 aromatic rings. The van der Waals surface area contributed by atoms with Crippen molar-refractivity contribution in [3.05, 3.63) is 0 Å². The summed E-state index contributed by atoms with van der Waals surface area (Å²) in [5, 5.41) is 0. The van der Waals surface area contributed by atoms with Gasteiger partial charge in [-0.3, -0.25) is 0 Å². The highest BCUT2D eigenvalue weighted by atomic mass is 127. The molecule has 3 saturated carbocycles. The second-order valence-electron chi connectivity index (χ2n) is 6.73. The normalized spacial score (nSPS) is 46.6. The van der Waals surface area contributed by atoms with Crippen LogP contribution in [0, 0.1) is 17.3 Å². The van der Waals surface area contributed by atoms with E-state index in [9.17, 15) is 0 Å². The third kappa shape index (κ3) is 1.73. The molecule has 0 aromatic carbocycles. The third-order valence-corrected chi connectivity index (χ3v) is 6.34. The number of halogens is 1. The fourth-order valence-corrected chi connectivity index (χ4v) is 4.76. The third-order valence-electron chi connectivity index (χ3n) is 5.58. The molecule has 2 bridgehead atoms. The van der Waals surface area contributed by atoms with Crippen molar-refractivity contribution in [2.45, 2.75) is 58.1 Å². The van der Waals surface area contributed by atoms with E-state index in [4.69, 9.17) is 9.31 Å². The average molecular weight is 348 g/mol. The summed E-state index contributed by atoms with van der Waals surface area (Å²) >= 11 is 2.43. The largest absolute Gasteiger partial charge is 0.457 e. The van der Waals surface area contributed by atoms with Gasteiger partial charge in [-0.1, -0.05) is 36.4 Å². The SMILES string of the molecule is CC1(C)[C@@H]2C[C@H]3OB(CCCI)O[C@@]3(C)[C@H]1C2. The Morgan fingerprint density at radius 2 is 2.06 bits per heavy atom. The lowest BCUT2D eigenvalue weighted by atomic mass is 9.43. The van der Waals surface area contributed by atoms with Gasteiger partial charge in [-0.15, -0.1) is 0 Å². The lowest BCUT2D eigenvalue weighted by molar-refractivity contribution is -0.199. The number of hydrogen-bond donors (Lipinski definition) is 0. The topological polar surface area (TPSA) is 18.5 Å². The van der Waals surface area contributed by atoms with E-state index >= 15 is 0 Å². The predicted octanol–water partition coefficient (Wildman–Crippen LogP) is 3.54. The fraction of sp³-hybridized carbons (Fsp3) is 1.00. The van der Waals surface area contributed by atoms with Gasteiger partial charge in [0.1, 0.15) is 0 Å². The smallest absolute Gasteiger partial charge is 0.405 e. The number of hydrogen-bond acceptors (Lipinski definition) is 2. The minimum absolute atomic E-state index is 0.00576. The summed E-state index contributed by atoms with van der Waals surface area (Å²) in [7, 11) is 0.0647. The molecule has 0 aromatic heterocycles. The minimum Gasteiger partial charge on any atom is -0.405 e. The molecule has 4 rings (SSSR count). The van der Waals surface area contributed by atoms with E-state index < -0.39 is 0 Å². The zero-order valence-electron chi connectivity index (χ0n) is 11.0. The molecule has 0 unspecified atom stereocenters. The summed E-state index contributed by atoms with van der Waals surface area (Å²) < 4.78 is 13.6. The highest BCUT2D eigenvalue weighted by molar-refractivity contribution is 14.1. The van der Waals surface area contributed by atoms with Gasteiger partial charge in [-0.25, -0.2) is 0 Å². The molecule has 1 saturated heterocycles. The van der Waals surface area contributed by atoms with E-state index in [1.165, 1.54) is 23.7 Å². The Labute approximate surface area is 118 Å². The maximum atomic E-state index is 6.32. The van der Waals surface area contributed by atoms with Gasteiger partial charge in [-0.2, -0.15) is 0 Å². The molecule has 1 aliphatic heterocycles. The van der Waals surface area contributed by atoms with Crippen molar-refractivity contribution in [3.63, 3.8) is 0 Å². The van der Waals surface area contributed by atoms with Gasteiger partial charge in [0.05, 0.1) is 11.7 Å². The summed E-state index contributed by atoms with van der Waals surface area (Å²) in [6, 6.07) is 0. The Morgan fingerprint density at radius 3 is 2.71 bits per heavy atom. The van der Waals surface area contributed by atoms with E-state index in [0.717, 1.165) is 12.2 Å². The van der Waals surface area contributed by atoms with E-state index in [2.05, 4.69) is 43.4 Å². The molecular weight excluding hydrogens is 326 g/mol. The maximum absolute atomic E-state index is 6.32. The lowest BCUT2D eigenvalue weighted by Gasteiger charge is -2.64. The molecule has 17 heavy (non-hydrogen) atoms. The zero-order chi connectivity index (χ0) is 12.3. The predicted molar refractivity (Wildman–Crippen MR) is 78.4 cm³/mol. The number of alkyl halides is 1. The second kappa shape index (κ2) is 4.10. The van der Waals surface area contributed by atoms with Crippen molar-refractivity contribution in [1.82, 2.24) is 0 Å². The Kier molecular flexibility index (Phi) is 3.07. The van der Waals surface area contributed by atoms with Gasteiger partial charge in [-0.05, 0) is 54.2 Å². The Balaban J connectivity index is 1.73. The molecule has 0 radical (unpaired) electrons. The van der Waals surface area contributed by atoms with Crippen molar-refractivity contribution < 1.29 is 9.31 Å². The molecule has 0 amide bonds. The van der Waals surface area contributed by atoms with Crippen molar-refractivity contribution >= 4 is 29.7 Å². The number of rotatable bonds is 3. The van der Waals surface area contributed by atoms with Crippen LogP contribution in [0.5, 0.6) is 0 Å². The Morgan fingerprint density at radius 1 is 1.29 bits per heavy atom. The average Bonchev–Trinajstić information content (AvgIpc) is 2.61. The first-order valence-corrected chi connectivity index (χ1v) is 8.40. The monoisotopic (exact) mass is 348 g/mol. The van der Waals surface area contributed by atoms with Crippen molar-refractivity contribution in [3.8, 4) is 0 Å². The van der Waals surface area contributed by atoms with Gasteiger partial charge in [0.15, 0.2) is 0 Å². The summed E-state index contributed by atoms with van der Waals surface area (Å²) in [5.41, 5.74) is 0.459. The molecule has 3 aliphatic carbocycles. The van der Waals surface area contributed by atoms with E-state index in [1.807, 2.05) is 0 Å². The van der Waals surface area contributed by atoms with Gasteiger partial charge in [0, 0.05) is 0 Å². The van der Waals surface area contributed by atoms with Gasteiger partial charge in [0.25, 0.3) is 0 Å². The van der Waals surface area contributed by atoms with Crippen LogP contribution in [0.2, 0.25) is 6.32 Å². The van der Waals surface area contributed by atoms with Crippen molar-refractivity contribution in [2.75, 3.05) is 4.43 Å². The summed E-state index contributed by atoms with van der Waals surface area (Å²) in [5.74, 6) is 1.56. The molecule has 4 heteroatoms. The van der Waals surface area contributed by atoms with Gasteiger partial charge in [0.2, 0.25) is 0 Å². The molecule has 0 spiro atoms. The van der Waals surface area contributed by atoms with E-state index in [0.29, 0.717) is 17.4 Å².